The number of nitrogens with one attached hydrogen (secondary N) is 1. The Bertz CT molecular complexity index is 687. The van der Waals surface area contributed by atoms with Crippen LogP contribution in [0.1, 0.15) is 21.5 Å². The van der Waals surface area contributed by atoms with E-state index >= 15 is 0 Å². The van der Waals surface area contributed by atoms with Crippen molar-refractivity contribution >= 4 is 23.3 Å². The number of fused-ring (bicyclic) bond motifs is 1. The summed E-state index contributed by atoms with van der Waals surface area (Å²) in [7, 11) is 1.77. The van der Waals surface area contributed by atoms with Gasteiger partial charge in [0.1, 0.15) is 5.82 Å². The summed E-state index contributed by atoms with van der Waals surface area (Å²) in [5, 5.41) is 3.31. The summed E-state index contributed by atoms with van der Waals surface area (Å²) in [4.78, 5) is 18.6. The van der Waals surface area contributed by atoms with Gasteiger partial charge in [-0.15, -0.1) is 0 Å². The summed E-state index contributed by atoms with van der Waals surface area (Å²) in [5.41, 5.74) is 3.02. The van der Waals surface area contributed by atoms with E-state index in [2.05, 4.69) is 22.4 Å². The van der Waals surface area contributed by atoms with E-state index in [9.17, 15) is 4.79 Å². The molecule has 1 aliphatic heterocycles. The minimum absolute atomic E-state index is 0.0478. The van der Waals surface area contributed by atoms with E-state index in [1.807, 2.05) is 17.0 Å². The van der Waals surface area contributed by atoms with Gasteiger partial charge in [-0.3, -0.25) is 4.79 Å². The normalized spacial score (nSPS) is 13.7. The zero-order valence-electron chi connectivity index (χ0n) is 11.8. The van der Waals surface area contributed by atoms with E-state index in [0.29, 0.717) is 29.5 Å². The number of anilines is 1. The first kappa shape index (κ1) is 13.9. The van der Waals surface area contributed by atoms with Gasteiger partial charge in [-0.05, 0) is 23.6 Å². The molecule has 4 nitrogen and oxygen atoms in total. The van der Waals surface area contributed by atoms with Gasteiger partial charge in [0.05, 0.1) is 10.6 Å². The molecule has 0 atom stereocenters. The van der Waals surface area contributed by atoms with E-state index in [0.717, 1.165) is 6.42 Å². The summed E-state index contributed by atoms with van der Waals surface area (Å²) < 4.78 is 0. The zero-order valence-corrected chi connectivity index (χ0v) is 12.5. The molecule has 0 saturated heterocycles. The number of carbonyl (C=O) groups excluding carboxylic acids is 1. The van der Waals surface area contributed by atoms with Crippen molar-refractivity contribution in [3.05, 3.63) is 58.2 Å². The predicted octanol–water partition coefficient (Wildman–Crippen LogP) is 2.98. The quantitative estimate of drug-likeness (QED) is 0.927. The van der Waals surface area contributed by atoms with Crippen LogP contribution in [0.2, 0.25) is 5.02 Å². The molecule has 0 fully saturated rings. The average Bonchev–Trinajstić information content (AvgIpc) is 2.54. The van der Waals surface area contributed by atoms with E-state index in [4.69, 9.17) is 11.6 Å². The van der Waals surface area contributed by atoms with Gasteiger partial charge in [-0.25, -0.2) is 4.98 Å². The van der Waals surface area contributed by atoms with E-state index in [1.165, 1.54) is 17.3 Å². The van der Waals surface area contributed by atoms with Crippen LogP contribution in [0.25, 0.3) is 0 Å². The van der Waals surface area contributed by atoms with Crippen LogP contribution in [0.4, 0.5) is 5.82 Å². The number of aromatic nitrogens is 1. The molecule has 0 bridgehead atoms. The molecule has 1 aromatic carbocycles. The summed E-state index contributed by atoms with van der Waals surface area (Å²) in [5.74, 6) is 0.591. The number of amides is 1. The second-order valence-corrected chi connectivity index (χ2v) is 5.45. The van der Waals surface area contributed by atoms with Gasteiger partial charge in [-0.2, -0.15) is 0 Å². The van der Waals surface area contributed by atoms with Crippen molar-refractivity contribution in [1.29, 1.82) is 0 Å². The fraction of sp³-hybridized carbons (Fsp3) is 0.250. The van der Waals surface area contributed by atoms with Gasteiger partial charge in [0.25, 0.3) is 5.91 Å². The molecule has 2 heterocycles. The molecule has 2 aromatic rings. The van der Waals surface area contributed by atoms with Gasteiger partial charge < -0.3 is 10.2 Å². The molecular weight excluding hydrogens is 286 g/mol. The summed E-state index contributed by atoms with van der Waals surface area (Å²) in [6.07, 6.45) is 2.39. The third kappa shape index (κ3) is 2.72. The molecule has 1 amide bonds. The highest BCUT2D eigenvalue weighted by atomic mass is 35.5. The van der Waals surface area contributed by atoms with Crippen LogP contribution in [0.3, 0.4) is 0 Å². The van der Waals surface area contributed by atoms with Gasteiger partial charge >= 0.3 is 0 Å². The van der Waals surface area contributed by atoms with Crippen LogP contribution in [0.5, 0.6) is 0 Å². The van der Waals surface area contributed by atoms with Gasteiger partial charge in [0, 0.05) is 26.3 Å². The lowest BCUT2D eigenvalue weighted by Crippen LogP contribution is -2.36. The maximum Gasteiger partial charge on any atom is 0.255 e. The number of pyridine rings is 1. The Morgan fingerprint density at radius 1 is 1.33 bits per heavy atom. The molecule has 0 saturated carbocycles. The lowest BCUT2D eigenvalue weighted by Gasteiger charge is -2.29. The molecule has 1 N–H and O–H groups in total. The van der Waals surface area contributed by atoms with Crippen molar-refractivity contribution in [2.24, 2.45) is 0 Å². The zero-order chi connectivity index (χ0) is 14.8. The van der Waals surface area contributed by atoms with Crippen LogP contribution in [0, 0.1) is 0 Å². The number of benzene rings is 1. The van der Waals surface area contributed by atoms with Crippen molar-refractivity contribution in [3.63, 3.8) is 0 Å². The number of rotatable bonds is 2. The minimum Gasteiger partial charge on any atom is -0.373 e. The summed E-state index contributed by atoms with van der Waals surface area (Å²) in [6.45, 7) is 1.34. The molecule has 0 unspecified atom stereocenters. The Morgan fingerprint density at radius 2 is 2.10 bits per heavy atom. The van der Waals surface area contributed by atoms with Crippen LogP contribution in [-0.2, 0) is 13.0 Å². The highest BCUT2D eigenvalue weighted by Crippen LogP contribution is 2.24. The fourth-order valence-electron chi connectivity index (χ4n) is 2.58. The maximum atomic E-state index is 12.7. The average molecular weight is 302 g/mol. The first-order valence-corrected chi connectivity index (χ1v) is 7.26. The van der Waals surface area contributed by atoms with Gasteiger partial charge in [-0.1, -0.05) is 35.9 Å². The molecule has 0 spiro atoms. The Hall–Kier alpha value is -2.07. The highest BCUT2D eigenvalue weighted by Gasteiger charge is 2.23. The number of hydrogen-bond donors (Lipinski definition) is 1. The lowest BCUT2D eigenvalue weighted by molar-refractivity contribution is 0.0735. The molecule has 0 radical (unpaired) electrons. The van der Waals surface area contributed by atoms with Crippen molar-refractivity contribution in [3.8, 4) is 0 Å². The Morgan fingerprint density at radius 3 is 2.86 bits per heavy atom. The standard InChI is InChI=1S/C16H16ClN3O/c1-18-15-8-13(14(17)9-19-15)16(21)20-7-6-11-4-2-3-5-12(11)10-20/h2-5,8-9H,6-7,10H2,1H3,(H,18,19). The van der Waals surface area contributed by atoms with E-state index < -0.39 is 0 Å². The molecule has 1 aromatic heterocycles. The van der Waals surface area contributed by atoms with E-state index in [1.54, 1.807) is 13.1 Å². The topological polar surface area (TPSA) is 45.2 Å². The molecular formula is C16H16ClN3O. The molecule has 5 heteroatoms. The summed E-state index contributed by atoms with van der Waals surface area (Å²) >= 11 is 6.13. The molecule has 0 aliphatic carbocycles. The Labute approximate surface area is 128 Å². The van der Waals surface area contributed by atoms with Crippen LogP contribution >= 0.6 is 11.6 Å². The second kappa shape index (κ2) is 5.74. The van der Waals surface area contributed by atoms with Crippen LogP contribution in [0.15, 0.2) is 36.5 Å². The number of nitrogens with zero attached hydrogens (tertiary/aromatic N) is 2. The predicted molar refractivity (Wildman–Crippen MR) is 83.7 cm³/mol. The number of halogens is 1. The molecule has 108 valence electrons. The third-order valence-corrected chi connectivity index (χ3v) is 4.06. The second-order valence-electron chi connectivity index (χ2n) is 5.04. The largest absolute Gasteiger partial charge is 0.373 e. The first-order valence-electron chi connectivity index (χ1n) is 6.88. The fourth-order valence-corrected chi connectivity index (χ4v) is 2.76. The number of carbonyl (C=O) groups is 1. The molecule has 3 rings (SSSR count). The number of hydrogen-bond acceptors (Lipinski definition) is 3. The van der Waals surface area contributed by atoms with Crippen molar-refractivity contribution in [2.75, 3.05) is 18.9 Å². The first-order chi connectivity index (χ1) is 10.2. The Balaban J connectivity index is 1.87. The SMILES string of the molecule is CNc1cc(C(=O)N2CCc3ccccc3C2)c(Cl)cn1. The maximum absolute atomic E-state index is 12.7. The van der Waals surface area contributed by atoms with Crippen molar-refractivity contribution < 1.29 is 4.79 Å². The van der Waals surface area contributed by atoms with Crippen LogP contribution < -0.4 is 5.32 Å². The van der Waals surface area contributed by atoms with Gasteiger partial charge in [0.2, 0.25) is 0 Å². The van der Waals surface area contributed by atoms with Crippen LogP contribution in [-0.4, -0.2) is 29.4 Å². The third-order valence-electron chi connectivity index (χ3n) is 3.76. The summed E-state index contributed by atoms with van der Waals surface area (Å²) in [6, 6.07) is 9.93. The smallest absolute Gasteiger partial charge is 0.255 e. The van der Waals surface area contributed by atoms with Gasteiger partial charge in [0.15, 0.2) is 0 Å². The highest BCUT2D eigenvalue weighted by molar-refractivity contribution is 6.33. The molecule has 1 aliphatic rings. The minimum atomic E-state index is -0.0478. The van der Waals surface area contributed by atoms with Crippen molar-refractivity contribution in [2.45, 2.75) is 13.0 Å². The van der Waals surface area contributed by atoms with E-state index in [-0.39, 0.29) is 5.91 Å². The Kier molecular flexibility index (Phi) is 3.80. The molecule has 21 heavy (non-hydrogen) atoms. The van der Waals surface area contributed by atoms with Crippen molar-refractivity contribution in [1.82, 2.24) is 9.88 Å². The lowest BCUT2D eigenvalue weighted by atomic mass is 9.99. The monoisotopic (exact) mass is 301 g/mol.